The Balaban J connectivity index is 2.62. The van der Waals surface area contributed by atoms with Crippen LogP contribution in [0.25, 0.3) is 0 Å². The number of ether oxygens (including phenoxy) is 1. The van der Waals surface area contributed by atoms with Gasteiger partial charge >= 0.3 is 5.97 Å². The monoisotopic (exact) mass is 355 g/mol. The minimum Gasteiger partial charge on any atom is -0.449 e. The fourth-order valence-electron chi connectivity index (χ4n) is 1.77. The average molecular weight is 356 g/mol. The number of hydrogen-bond donors (Lipinski definition) is 1. The average Bonchev–Trinajstić information content (AvgIpc) is 2.47. The Morgan fingerprint density at radius 2 is 1.91 bits per heavy atom. The Kier molecular flexibility index (Phi) is 7.86. The van der Waals surface area contributed by atoms with Crippen molar-refractivity contribution in [3.8, 4) is 0 Å². The fraction of sp³-hybridized carbons (Fsp3) is 0.294. The van der Waals surface area contributed by atoms with Gasteiger partial charge in [-0.25, -0.2) is 4.79 Å². The zero-order valence-electron chi connectivity index (χ0n) is 13.2. The molecule has 0 aliphatic carbocycles. The van der Waals surface area contributed by atoms with Crippen LogP contribution in [0.1, 0.15) is 32.4 Å². The van der Waals surface area contributed by atoms with Gasteiger partial charge < -0.3 is 10.1 Å². The molecule has 1 aromatic rings. The quantitative estimate of drug-likeness (QED) is 0.471. The summed E-state index contributed by atoms with van der Waals surface area (Å²) >= 11 is 12.0. The highest BCUT2D eigenvalue weighted by molar-refractivity contribution is 6.35. The van der Waals surface area contributed by atoms with E-state index in [1.807, 2.05) is 6.92 Å². The third kappa shape index (κ3) is 6.47. The van der Waals surface area contributed by atoms with Gasteiger partial charge in [0, 0.05) is 16.1 Å². The van der Waals surface area contributed by atoms with Crippen LogP contribution >= 0.6 is 23.2 Å². The van der Waals surface area contributed by atoms with E-state index in [0.29, 0.717) is 10.0 Å². The Hall–Kier alpha value is -1.78. The molecular formula is C17H19Cl2NO3. The molecule has 0 aromatic heterocycles. The molecular weight excluding hydrogens is 337 g/mol. The summed E-state index contributed by atoms with van der Waals surface area (Å²) in [5.74, 6) is -0.987. The van der Waals surface area contributed by atoms with Gasteiger partial charge in [0.2, 0.25) is 0 Å². The van der Waals surface area contributed by atoms with Crippen LogP contribution < -0.4 is 5.32 Å². The van der Waals surface area contributed by atoms with E-state index in [0.717, 1.165) is 5.56 Å². The van der Waals surface area contributed by atoms with Crippen LogP contribution in [0.4, 0.5) is 0 Å². The van der Waals surface area contributed by atoms with E-state index in [4.69, 9.17) is 27.9 Å². The highest BCUT2D eigenvalue weighted by atomic mass is 35.5. The van der Waals surface area contributed by atoms with E-state index in [1.54, 1.807) is 43.4 Å². The second-order valence-electron chi connectivity index (χ2n) is 4.86. The molecule has 1 N–H and O–H groups in total. The van der Waals surface area contributed by atoms with Crippen LogP contribution in [-0.2, 0) is 14.3 Å². The molecule has 0 saturated heterocycles. The first-order valence-electron chi connectivity index (χ1n) is 7.10. The third-order valence-corrected chi connectivity index (χ3v) is 3.55. The van der Waals surface area contributed by atoms with Crippen molar-refractivity contribution in [3.05, 3.63) is 58.1 Å². The molecule has 4 nitrogen and oxygen atoms in total. The van der Waals surface area contributed by atoms with E-state index in [2.05, 4.69) is 5.32 Å². The Morgan fingerprint density at radius 1 is 1.22 bits per heavy atom. The lowest BCUT2D eigenvalue weighted by molar-refractivity contribution is -0.150. The van der Waals surface area contributed by atoms with Crippen molar-refractivity contribution < 1.29 is 14.3 Å². The molecule has 1 amide bonds. The van der Waals surface area contributed by atoms with Gasteiger partial charge in [0.15, 0.2) is 6.10 Å². The lowest BCUT2D eigenvalue weighted by Crippen LogP contribution is -2.37. The van der Waals surface area contributed by atoms with Gasteiger partial charge in [-0.1, -0.05) is 47.5 Å². The van der Waals surface area contributed by atoms with E-state index in [9.17, 15) is 9.59 Å². The van der Waals surface area contributed by atoms with Gasteiger partial charge in [-0.2, -0.15) is 0 Å². The minimum atomic E-state index is -0.911. The Morgan fingerprint density at radius 3 is 2.52 bits per heavy atom. The number of carbonyl (C=O) groups is 2. The standard InChI is InChI=1S/C17H19Cl2NO3/c1-4-5-6-7-16(21)23-12(3)17(22)20-11(2)14-9-8-13(18)10-15(14)19/h4-12H,1-3H3,(H,20,22)/b5-4+,7-6+/t11-,12+/m0/s1. The second-order valence-corrected chi connectivity index (χ2v) is 5.70. The maximum absolute atomic E-state index is 12.1. The number of esters is 1. The van der Waals surface area contributed by atoms with Gasteiger partial charge in [0.05, 0.1) is 6.04 Å². The van der Waals surface area contributed by atoms with Crippen molar-refractivity contribution in [2.24, 2.45) is 0 Å². The van der Waals surface area contributed by atoms with Crippen molar-refractivity contribution in [3.63, 3.8) is 0 Å². The van der Waals surface area contributed by atoms with Crippen molar-refractivity contribution in [1.82, 2.24) is 5.32 Å². The van der Waals surface area contributed by atoms with Crippen molar-refractivity contribution in [2.75, 3.05) is 0 Å². The molecule has 0 aliphatic heterocycles. The van der Waals surface area contributed by atoms with Crippen LogP contribution in [0.5, 0.6) is 0 Å². The molecule has 6 heteroatoms. The Bertz CT molecular complexity index is 626. The second kappa shape index (κ2) is 9.38. The molecule has 0 fully saturated rings. The minimum absolute atomic E-state index is 0.341. The number of hydrogen-bond acceptors (Lipinski definition) is 3. The molecule has 0 unspecified atom stereocenters. The van der Waals surface area contributed by atoms with Crippen molar-refractivity contribution >= 4 is 35.1 Å². The number of amides is 1. The number of benzene rings is 1. The zero-order chi connectivity index (χ0) is 17.4. The van der Waals surface area contributed by atoms with Crippen LogP contribution in [0.2, 0.25) is 10.0 Å². The summed E-state index contributed by atoms with van der Waals surface area (Å²) in [6, 6.07) is 4.70. The molecule has 0 bridgehead atoms. The summed E-state index contributed by atoms with van der Waals surface area (Å²) in [6.45, 7) is 5.12. The van der Waals surface area contributed by atoms with Crippen molar-refractivity contribution in [2.45, 2.75) is 32.9 Å². The maximum atomic E-state index is 12.1. The summed E-state index contributed by atoms with van der Waals surface area (Å²) in [5.41, 5.74) is 0.732. The summed E-state index contributed by atoms with van der Waals surface area (Å²) in [7, 11) is 0. The first-order chi connectivity index (χ1) is 10.8. The lowest BCUT2D eigenvalue weighted by Gasteiger charge is -2.19. The van der Waals surface area contributed by atoms with E-state index in [-0.39, 0.29) is 6.04 Å². The van der Waals surface area contributed by atoms with E-state index in [1.165, 1.54) is 13.0 Å². The van der Waals surface area contributed by atoms with Gasteiger partial charge in [-0.05, 0) is 38.5 Å². The zero-order valence-corrected chi connectivity index (χ0v) is 14.7. The van der Waals surface area contributed by atoms with Gasteiger partial charge in [-0.15, -0.1) is 0 Å². The lowest BCUT2D eigenvalue weighted by atomic mass is 10.1. The van der Waals surface area contributed by atoms with Crippen LogP contribution in [0.15, 0.2) is 42.5 Å². The predicted molar refractivity (Wildman–Crippen MR) is 92.5 cm³/mol. The molecule has 1 rings (SSSR count). The normalized spacial score (nSPS) is 14.0. The topological polar surface area (TPSA) is 55.4 Å². The number of halogens is 2. The smallest absolute Gasteiger partial charge is 0.331 e. The van der Waals surface area contributed by atoms with Gasteiger partial charge in [0.25, 0.3) is 5.91 Å². The molecule has 124 valence electrons. The molecule has 0 radical (unpaired) electrons. The van der Waals surface area contributed by atoms with Gasteiger partial charge in [-0.3, -0.25) is 4.79 Å². The SMILES string of the molecule is C/C=C/C=C/C(=O)O[C@H](C)C(=O)N[C@@H](C)c1ccc(Cl)cc1Cl. The van der Waals surface area contributed by atoms with Crippen LogP contribution in [0.3, 0.4) is 0 Å². The van der Waals surface area contributed by atoms with Gasteiger partial charge in [0.1, 0.15) is 0 Å². The number of rotatable bonds is 6. The molecule has 0 aliphatic rings. The first kappa shape index (κ1) is 19.3. The van der Waals surface area contributed by atoms with Crippen LogP contribution in [-0.4, -0.2) is 18.0 Å². The third-order valence-electron chi connectivity index (χ3n) is 2.99. The molecule has 1 aromatic carbocycles. The summed E-state index contributed by atoms with van der Waals surface area (Å²) in [4.78, 5) is 23.6. The summed E-state index contributed by atoms with van der Waals surface area (Å²) < 4.78 is 5.02. The molecule has 23 heavy (non-hydrogen) atoms. The molecule has 0 saturated carbocycles. The number of carbonyl (C=O) groups excluding carboxylic acids is 2. The number of nitrogens with one attached hydrogen (secondary N) is 1. The maximum Gasteiger partial charge on any atom is 0.331 e. The Labute approximate surface area is 146 Å². The highest BCUT2D eigenvalue weighted by Crippen LogP contribution is 2.26. The first-order valence-corrected chi connectivity index (χ1v) is 7.86. The molecule has 2 atom stereocenters. The molecule has 0 spiro atoms. The summed E-state index contributed by atoms with van der Waals surface area (Å²) in [6.07, 6.45) is 5.35. The number of allylic oxidation sites excluding steroid dienone is 3. The largest absolute Gasteiger partial charge is 0.449 e. The highest BCUT2D eigenvalue weighted by Gasteiger charge is 2.20. The van der Waals surface area contributed by atoms with Crippen molar-refractivity contribution in [1.29, 1.82) is 0 Å². The van der Waals surface area contributed by atoms with E-state index < -0.39 is 18.0 Å². The summed E-state index contributed by atoms with van der Waals surface area (Å²) in [5, 5.41) is 3.73. The van der Waals surface area contributed by atoms with Crippen LogP contribution in [0, 0.1) is 0 Å². The fourth-order valence-corrected chi connectivity index (χ4v) is 2.35. The predicted octanol–water partition coefficient (Wildman–Crippen LogP) is 4.23. The van der Waals surface area contributed by atoms with E-state index >= 15 is 0 Å². The molecule has 0 heterocycles.